The maximum absolute atomic E-state index is 12.3. The molecule has 0 bridgehead atoms. The van der Waals surface area contributed by atoms with Crippen molar-refractivity contribution in [2.45, 2.75) is 354 Å². The maximum atomic E-state index is 12.3. The fraction of sp³-hybridized carbons (Fsp3) is 0.966. The summed E-state index contributed by atoms with van der Waals surface area (Å²) in [6, 6.07) is 0. The van der Waals surface area contributed by atoms with Gasteiger partial charge in [-0.15, -0.1) is 0 Å². The fourth-order valence-corrected chi connectivity index (χ4v) is 9.44. The van der Waals surface area contributed by atoms with Gasteiger partial charge < -0.3 is 14.6 Å². The van der Waals surface area contributed by atoms with E-state index >= 15 is 0 Å². The van der Waals surface area contributed by atoms with E-state index in [0.717, 1.165) is 32.1 Å². The monoisotopic (exact) mass is 905 g/mol. The average molecular weight is 906 g/mol. The number of aliphatic hydroxyl groups is 1. The number of hydrogen-bond donors (Lipinski definition) is 1. The summed E-state index contributed by atoms with van der Waals surface area (Å²) in [6.07, 6.45) is 68.3. The Labute approximate surface area is 401 Å². The van der Waals surface area contributed by atoms with Gasteiger partial charge in [-0.25, -0.2) is 0 Å². The molecule has 0 amide bonds. The maximum Gasteiger partial charge on any atom is 0.306 e. The molecule has 0 aromatic carbocycles. The smallest absolute Gasteiger partial charge is 0.306 e. The number of carbonyl (C=O) groups excluding carboxylic acids is 2. The lowest BCUT2D eigenvalue weighted by atomic mass is 10.0. The summed E-state index contributed by atoms with van der Waals surface area (Å²) in [7, 11) is 0. The van der Waals surface area contributed by atoms with Gasteiger partial charge in [0.2, 0.25) is 0 Å². The Morgan fingerprint density at radius 3 is 0.688 bits per heavy atom. The zero-order chi connectivity index (χ0) is 46.3. The summed E-state index contributed by atoms with van der Waals surface area (Å²) in [6.45, 7) is 4.19. The van der Waals surface area contributed by atoms with Crippen molar-refractivity contribution < 1.29 is 24.2 Å². The first-order valence-corrected chi connectivity index (χ1v) is 29.6. The molecule has 382 valence electrons. The van der Waals surface area contributed by atoms with Crippen molar-refractivity contribution in [2.75, 3.05) is 13.2 Å². The van der Waals surface area contributed by atoms with Crippen molar-refractivity contribution >= 4 is 11.9 Å². The minimum absolute atomic E-state index is 0.0563. The zero-order valence-electron chi connectivity index (χ0n) is 43.8. The molecule has 0 saturated heterocycles. The van der Waals surface area contributed by atoms with Crippen LogP contribution in [0, 0.1) is 0 Å². The Balaban J connectivity index is 3.32. The zero-order valence-corrected chi connectivity index (χ0v) is 43.8. The number of unbranched alkanes of at least 4 members (excludes halogenated alkanes) is 48. The van der Waals surface area contributed by atoms with E-state index in [9.17, 15) is 14.7 Å². The minimum Gasteiger partial charge on any atom is -0.462 e. The van der Waals surface area contributed by atoms with Crippen molar-refractivity contribution in [1.29, 1.82) is 0 Å². The van der Waals surface area contributed by atoms with E-state index in [1.807, 2.05) is 0 Å². The number of aliphatic hydroxyl groups excluding tert-OH is 1. The standard InChI is InChI=1S/C59H116O5/c1-3-5-7-9-11-13-15-17-18-19-20-21-22-23-24-25-26-27-28-29-30-31-32-33-34-35-36-37-38-39-40-42-44-46-48-50-52-54-59(62)64-57(55-60)56-63-58(61)53-51-49-47-45-43-41-16-14-12-10-8-6-4-2/h57,60H,3-56H2,1-2H3. The third kappa shape index (κ3) is 53.5. The van der Waals surface area contributed by atoms with E-state index in [1.54, 1.807) is 0 Å². The molecular formula is C59H116O5. The molecule has 0 fully saturated rings. The van der Waals surface area contributed by atoms with E-state index in [-0.39, 0.29) is 25.2 Å². The van der Waals surface area contributed by atoms with Crippen LogP contribution < -0.4 is 0 Å². The molecule has 0 rings (SSSR count). The van der Waals surface area contributed by atoms with Crippen molar-refractivity contribution in [2.24, 2.45) is 0 Å². The van der Waals surface area contributed by atoms with Crippen LogP contribution in [0.2, 0.25) is 0 Å². The number of carbonyl (C=O) groups is 2. The summed E-state index contributed by atoms with van der Waals surface area (Å²) in [5.74, 6) is -0.567. The quantitative estimate of drug-likeness (QED) is 0.0486. The average Bonchev–Trinajstić information content (AvgIpc) is 3.30. The van der Waals surface area contributed by atoms with Crippen LogP contribution >= 0.6 is 0 Å². The van der Waals surface area contributed by atoms with E-state index in [2.05, 4.69) is 13.8 Å². The molecule has 0 aromatic heterocycles. The van der Waals surface area contributed by atoms with Gasteiger partial charge in [0.15, 0.2) is 6.10 Å². The lowest BCUT2D eigenvalue weighted by Gasteiger charge is -2.15. The van der Waals surface area contributed by atoms with Crippen LogP contribution in [0.3, 0.4) is 0 Å². The summed E-state index contributed by atoms with van der Waals surface area (Å²) in [4.78, 5) is 24.4. The number of hydrogen-bond acceptors (Lipinski definition) is 5. The molecule has 5 heteroatoms. The largest absolute Gasteiger partial charge is 0.462 e. The van der Waals surface area contributed by atoms with Gasteiger partial charge in [0.05, 0.1) is 6.61 Å². The second-order valence-electron chi connectivity index (χ2n) is 20.4. The normalized spacial score (nSPS) is 12.0. The first-order chi connectivity index (χ1) is 31.6. The Morgan fingerprint density at radius 2 is 0.484 bits per heavy atom. The highest BCUT2D eigenvalue weighted by Crippen LogP contribution is 2.19. The first kappa shape index (κ1) is 62.9. The van der Waals surface area contributed by atoms with Gasteiger partial charge in [-0.1, -0.05) is 322 Å². The van der Waals surface area contributed by atoms with Crippen LogP contribution in [0.1, 0.15) is 348 Å². The van der Waals surface area contributed by atoms with E-state index in [1.165, 1.54) is 289 Å². The highest BCUT2D eigenvalue weighted by molar-refractivity contribution is 5.70. The Hall–Kier alpha value is -1.10. The van der Waals surface area contributed by atoms with Crippen LogP contribution in [-0.4, -0.2) is 36.4 Å². The molecule has 0 heterocycles. The van der Waals surface area contributed by atoms with Gasteiger partial charge >= 0.3 is 11.9 Å². The number of rotatable bonds is 56. The van der Waals surface area contributed by atoms with Gasteiger partial charge in [-0.3, -0.25) is 9.59 Å². The molecule has 0 aliphatic heterocycles. The lowest BCUT2D eigenvalue weighted by Crippen LogP contribution is -2.28. The molecule has 0 aliphatic rings. The third-order valence-electron chi connectivity index (χ3n) is 13.9. The van der Waals surface area contributed by atoms with E-state index in [4.69, 9.17) is 9.47 Å². The van der Waals surface area contributed by atoms with Crippen molar-refractivity contribution in [3.8, 4) is 0 Å². The summed E-state index contributed by atoms with van der Waals surface area (Å²) in [5, 5.41) is 9.62. The number of esters is 2. The fourth-order valence-electron chi connectivity index (χ4n) is 9.44. The molecule has 1 N–H and O–H groups in total. The van der Waals surface area contributed by atoms with Crippen molar-refractivity contribution in [3.05, 3.63) is 0 Å². The Kier molecular flexibility index (Phi) is 55.3. The Morgan fingerprint density at radius 1 is 0.297 bits per heavy atom. The molecule has 0 radical (unpaired) electrons. The number of ether oxygens (including phenoxy) is 2. The van der Waals surface area contributed by atoms with Crippen LogP contribution in [-0.2, 0) is 19.1 Å². The van der Waals surface area contributed by atoms with Gasteiger partial charge in [0.1, 0.15) is 6.61 Å². The molecule has 0 aromatic rings. The van der Waals surface area contributed by atoms with Crippen LogP contribution in [0.4, 0.5) is 0 Å². The van der Waals surface area contributed by atoms with Crippen molar-refractivity contribution in [3.63, 3.8) is 0 Å². The lowest BCUT2D eigenvalue weighted by molar-refractivity contribution is -0.161. The van der Waals surface area contributed by atoms with Gasteiger partial charge in [-0.2, -0.15) is 0 Å². The minimum atomic E-state index is -0.763. The second kappa shape index (κ2) is 56.2. The predicted octanol–water partition coefficient (Wildman–Crippen LogP) is 19.8. The first-order valence-electron chi connectivity index (χ1n) is 29.6. The molecule has 1 unspecified atom stereocenters. The highest BCUT2D eigenvalue weighted by atomic mass is 16.6. The molecule has 0 spiro atoms. The van der Waals surface area contributed by atoms with E-state index in [0.29, 0.717) is 12.8 Å². The molecule has 0 aliphatic carbocycles. The molecule has 0 saturated carbocycles. The molecular weight excluding hydrogens is 789 g/mol. The van der Waals surface area contributed by atoms with Crippen LogP contribution in [0.25, 0.3) is 0 Å². The van der Waals surface area contributed by atoms with Crippen LogP contribution in [0.5, 0.6) is 0 Å². The molecule has 64 heavy (non-hydrogen) atoms. The second-order valence-corrected chi connectivity index (χ2v) is 20.4. The van der Waals surface area contributed by atoms with Gasteiger partial charge in [-0.05, 0) is 12.8 Å². The predicted molar refractivity (Wildman–Crippen MR) is 279 cm³/mol. The summed E-state index contributed by atoms with van der Waals surface area (Å²) in [5.41, 5.74) is 0. The third-order valence-corrected chi connectivity index (χ3v) is 13.9. The SMILES string of the molecule is CCCCCCCCCCCCCCCCCCCCCCCCCCCCCCCCCCCCCCCC(=O)OC(CO)COC(=O)CCCCCCCCCCCCCCC. The van der Waals surface area contributed by atoms with Gasteiger partial charge in [0, 0.05) is 12.8 Å². The summed E-state index contributed by atoms with van der Waals surface area (Å²) >= 11 is 0. The van der Waals surface area contributed by atoms with Gasteiger partial charge in [0.25, 0.3) is 0 Å². The van der Waals surface area contributed by atoms with Crippen LogP contribution in [0.15, 0.2) is 0 Å². The highest BCUT2D eigenvalue weighted by Gasteiger charge is 2.16. The topological polar surface area (TPSA) is 72.8 Å². The molecule has 1 atom stereocenters. The summed E-state index contributed by atoms with van der Waals surface area (Å²) < 4.78 is 10.7. The Bertz CT molecular complexity index is 891. The van der Waals surface area contributed by atoms with Crippen molar-refractivity contribution in [1.82, 2.24) is 0 Å². The van der Waals surface area contributed by atoms with E-state index < -0.39 is 6.10 Å². The molecule has 5 nitrogen and oxygen atoms in total.